The number of carbonyl (C=O) groups is 3. The molecule has 1 aliphatic heterocycles. The van der Waals surface area contributed by atoms with E-state index in [2.05, 4.69) is 5.32 Å². The fraction of sp³-hybridized carbons (Fsp3) is 0.464. The third-order valence-corrected chi connectivity index (χ3v) is 6.35. The van der Waals surface area contributed by atoms with Crippen LogP contribution in [-0.4, -0.2) is 51.7 Å². The average molecular weight is 497 g/mol. The second-order valence-corrected chi connectivity index (χ2v) is 10.7. The molecule has 1 saturated heterocycles. The lowest BCUT2D eigenvalue weighted by molar-refractivity contribution is -0.157. The minimum absolute atomic E-state index is 0.0568. The second kappa shape index (κ2) is 10.3. The molecule has 0 aliphatic carbocycles. The molecule has 2 aromatic carbocycles. The molecule has 0 spiro atoms. The summed E-state index contributed by atoms with van der Waals surface area (Å²) < 4.78 is 11.0. The van der Waals surface area contributed by atoms with Gasteiger partial charge in [-0.25, -0.2) is 9.59 Å². The van der Waals surface area contributed by atoms with Crippen molar-refractivity contribution in [3.8, 4) is 0 Å². The lowest BCUT2D eigenvalue weighted by atomic mass is 9.78. The van der Waals surface area contributed by atoms with Crippen molar-refractivity contribution in [2.75, 3.05) is 6.54 Å². The Morgan fingerprint density at radius 2 is 1.61 bits per heavy atom. The molecule has 0 aromatic heterocycles. The Hall–Kier alpha value is -3.39. The quantitative estimate of drug-likeness (QED) is 0.566. The molecule has 8 heteroatoms. The fourth-order valence-corrected chi connectivity index (χ4v) is 4.50. The Morgan fingerprint density at radius 1 is 1.06 bits per heavy atom. The highest BCUT2D eigenvalue weighted by atomic mass is 16.6. The van der Waals surface area contributed by atoms with E-state index in [1.807, 2.05) is 30.3 Å². The summed E-state index contributed by atoms with van der Waals surface area (Å²) in [6.45, 7) is 10.0. The number of aliphatic hydroxyl groups is 1. The largest absolute Gasteiger partial charge is 0.459 e. The fourth-order valence-electron chi connectivity index (χ4n) is 4.50. The zero-order valence-electron chi connectivity index (χ0n) is 21.8. The summed E-state index contributed by atoms with van der Waals surface area (Å²) in [6.07, 6.45) is -0.845. The van der Waals surface area contributed by atoms with Gasteiger partial charge in [0.2, 0.25) is 0 Å². The number of amides is 2. The standard InChI is InChI=1S/C28H36N2O6/c1-19(2)22(23(31)35-17-20-13-9-7-10-14-20)30-18-28(34,21-15-11-8-12-16-21)27(6,24(30)32)29-25(33)36-26(3,4)5/h7-16,19,22,34H,17-18H2,1-6H3,(H,29,33)/t22-,27-,28+/m0/s1. The summed E-state index contributed by atoms with van der Waals surface area (Å²) >= 11 is 0. The van der Waals surface area contributed by atoms with Crippen molar-refractivity contribution in [2.24, 2.45) is 5.92 Å². The van der Waals surface area contributed by atoms with Crippen LogP contribution in [-0.2, 0) is 31.3 Å². The minimum atomic E-state index is -1.84. The molecule has 2 amide bonds. The summed E-state index contributed by atoms with van der Waals surface area (Å²) in [5, 5.41) is 14.6. The zero-order valence-corrected chi connectivity index (χ0v) is 21.8. The van der Waals surface area contributed by atoms with E-state index in [4.69, 9.17) is 9.47 Å². The molecule has 1 fully saturated rings. The molecule has 3 atom stereocenters. The molecule has 2 aromatic rings. The number of likely N-dealkylation sites (tertiary alicyclic amines) is 1. The van der Waals surface area contributed by atoms with Crippen molar-refractivity contribution in [2.45, 2.75) is 70.9 Å². The topological polar surface area (TPSA) is 105 Å². The van der Waals surface area contributed by atoms with Gasteiger partial charge in [0.15, 0.2) is 5.54 Å². The SMILES string of the molecule is CC(C)[C@@H](C(=O)OCc1ccccc1)N1C[C@@](O)(c2ccccc2)[C@@](C)(NC(=O)OC(C)(C)C)C1=O. The first-order valence-electron chi connectivity index (χ1n) is 12.1. The van der Waals surface area contributed by atoms with Gasteiger partial charge in [-0.2, -0.15) is 0 Å². The molecular weight excluding hydrogens is 460 g/mol. The third-order valence-electron chi connectivity index (χ3n) is 6.35. The van der Waals surface area contributed by atoms with Gasteiger partial charge in [0.1, 0.15) is 23.9 Å². The van der Waals surface area contributed by atoms with Crippen LogP contribution >= 0.6 is 0 Å². The van der Waals surface area contributed by atoms with Gasteiger partial charge in [0.25, 0.3) is 5.91 Å². The Balaban J connectivity index is 1.96. The molecule has 194 valence electrons. The summed E-state index contributed by atoms with van der Waals surface area (Å²) in [5.41, 5.74) is -3.20. The normalized spacial score (nSPS) is 22.9. The number of benzene rings is 2. The van der Waals surface area contributed by atoms with Gasteiger partial charge >= 0.3 is 12.1 Å². The summed E-state index contributed by atoms with van der Waals surface area (Å²) in [4.78, 5) is 41.3. The number of nitrogens with one attached hydrogen (secondary N) is 1. The molecule has 0 bridgehead atoms. The molecule has 0 saturated carbocycles. The maximum Gasteiger partial charge on any atom is 0.408 e. The van der Waals surface area contributed by atoms with Crippen LogP contribution in [0.15, 0.2) is 60.7 Å². The summed E-state index contributed by atoms with van der Waals surface area (Å²) in [6, 6.07) is 16.9. The smallest absolute Gasteiger partial charge is 0.408 e. The molecule has 3 rings (SSSR count). The first-order valence-corrected chi connectivity index (χ1v) is 12.1. The third kappa shape index (κ3) is 5.54. The Bertz CT molecular complexity index is 1080. The maximum absolute atomic E-state index is 13.9. The van der Waals surface area contributed by atoms with E-state index < -0.39 is 40.8 Å². The molecule has 0 radical (unpaired) electrons. The summed E-state index contributed by atoms with van der Waals surface area (Å²) in [5.74, 6) is -1.50. The number of alkyl carbamates (subject to hydrolysis) is 1. The number of β-amino-alcohol motifs (C(OH)–C–C–N with tert-alkyl or cyclic N) is 1. The van der Waals surface area contributed by atoms with E-state index >= 15 is 0 Å². The van der Waals surface area contributed by atoms with Gasteiger partial charge in [-0.3, -0.25) is 4.79 Å². The van der Waals surface area contributed by atoms with E-state index in [0.29, 0.717) is 5.56 Å². The van der Waals surface area contributed by atoms with Crippen LogP contribution in [0.5, 0.6) is 0 Å². The number of hydrogen-bond donors (Lipinski definition) is 2. The van der Waals surface area contributed by atoms with Crippen molar-refractivity contribution < 1.29 is 29.0 Å². The van der Waals surface area contributed by atoms with Gasteiger partial charge in [-0.15, -0.1) is 0 Å². The number of ether oxygens (including phenoxy) is 2. The zero-order chi connectivity index (χ0) is 26.7. The van der Waals surface area contributed by atoms with Crippen LogP contribution in [0.25, 0.3) is 0 Å². The van der Waals surface area contributed by atoms with Gasteiger partial charge in [-0.05, 0) is 44.7 Å². The van der Waals surface area contributed by atoms with Crippen molar-refractivity contribution in [3.05, 3.63) is 71.8 Å². The Morgan fingerprint density at radius 3 is 2.14 bits per heavy atom. The van der Waals surface area contributed by atoms with Gasteiger partial charge in [-0.1, -0.05) is 74.5 Å². The van der Waals surface area contributed by atoms with E-state index in [1.54, 1.807) is 65.0 Å². The van der Waals surface area contributed by atoms with E-state index in [-0.39, 0.29) is 19.1 Å². The van der Waals surface area contributed by atoms with Crippen molar-refractivity contribution >= 4 is 18.0 Å². The lowest BCUT2D eigenvalue weighted by Crippen LogP contribution is -2.63. The predicted molar refractivity (Wildman–Crippen MR) is 135 cm³/mol. The van der Waals surface area contributed by atoms with Crippen molar-refractivity contribution in [1.82, 2.24) is 10.2 Å². The molecule has 2 N–H and O–H groups in total. The Labute approximate surface area is 212 Å². The molecular formula is C28H36N2O6. The van der Waals surface area contributed by atoms with Crippen molar-refractivity contribution in [3.63, 3.8) is 0 Å². The molecule has 1 heterocycles. The molecule has 1 aliphatic rings. The summed E-state index contributed by atoms with van der Waals surface area (Å²) in [7, 11) is 0. The second-order valence-electron chi connectivity index (χ2n) is 10.7. The van der Waals surface area contributed by atoms with Crippen LogP contribution in [0, 0.1) is 5.92 Å². The Kier molecular flexibility index (Phi) is 7.79. The predicted octanol–water partition coefficient (Wildman–Crippen LogP) is 3.77. The van der Waals surface area contributed by atoms with Crippen LogP contribution < -0.4 is 5.32 Å². The molecule has 8 nitrogen and oxygen atoms in total. The van der Waals surface area contributed by atoms with Crippen LogP contribution in [0.1, 0.15) is 52.7 Å². The van der Waals surface area contributed by atoms with E-state index in [9.17, 15) is 19.5 Å². The van der Waals surface area contributed by atoms with E-state index in [1.165, 1.54) is 11.8 Å². The minimum Gasteiger partial charge on any atom is -0.459 e. The highest BCUT2D eigenvalue weighted by Crippen LogP contribution is 2.43. The number of hydrogen-bond acceptors (Lipinski definition) is 6. The van der Waals surface area contributed by atoms with Crippen LogP contribution in [0.4, 0.5) is 4.79 Å². The first-order chi connectivity index (χ1) is 16.8. The maximum atomic E-state index is 13.9. The molecule has 0 unspecified atom stereocenters. The van der Waals surface area contributed by atoms with Gasteiger partial charge in [0, 0.05) is 0 Å². The average Bonchev–Trinajstić information content (AvgIpc) is 2.99. The van der Waals surface area contributed by atoms with Crippen LogP contribution in [0.2, 0.25) is 0 Å². The van der Waals surface area contributed by atoms with Crippen molar-refractivity contribution in [1.29, 1.82) is 0 Å². The number of esters is 1. The van der Waals surface area contributed by atoms with E-state index in [0.717, 1.165) is 5.56 Å². The number of carbonyl (C=O) groups excluding carboxylic acids is 3. The highest BCUT2D eigenvalue weighted by molar-refractivity contribution is 5.96. The van der Waals surface area contributed by atoms with Crippen LogP contribution in [0.3, 0.4) is 0 Å². The van der Waals surface area contributed by atoms with Gasteiger partial charge in [0.05, 0.1) is 6.54 Å². The first kappa shape index (κ1) is 27.2. The van der Waals surface area contributed by atoms with Gasteiger partial charge < -0.3 is 24.8 Å². The highest BCUT2D eigenvalue weighted by Gasteiger charge is 2.64. The monoisotopic (exact) mass is 496 g/mol. The number of rotatable bonds is 7. The lowest BCUT2D eigenvalue weighted by Gasteiger charge is -2.37. The number of nitrogens with zero attached hydrogens (tertiary/aromatic N) is 1. The molecule has 36 heavy (non-hydrogen) atoms.